The van der Waals surface area contributed by atoms with Gasteiger partial charge in [0.05, 0.1) is 11.6 Å². The molecule has 2 unspecified atom stereocenters. The number of nitrogens with one attached hydrogen (secondary N) is 3. The normalized spacial score (nSPS) is 18.4. The van der Waals surface area contributed by atoms with E-state index >= 15 is 0 Å². The number of hydrogen-bond acceptors (Lipinski definition) is 6. The zero-order chi connectivity index (χ0) is 26.2. The van der Waals surface area contributed by atoms with Gasteiger partial charge in [-0.1, -0.05) is 66.8 Å². The second kappa shape index (κ2) is 12.5. The number of carbonyl (C=O) groups is 3. The highest BCUT2D eigenvalue weighted by molar-refractivity contribution is 8.13. The van der Waals surface area contributed by atoms with Gasteiger partial charge in [0.2, 0.25) is 5.12 Å². The first-order valence-corrected chi connectivity index (χ1v) is 13.1. The molecule has 0 saturated carbocycles. The number of thioether (sulfide) groups is 1. The van der Waals surface area contributed by atoms with Crippen molar-refractivity contribution in [2.75, 3.05) is 0 Å². The van der Waals surface area contributed by atoms with Crippen LogP contribution in [-0.2, 0) is 16.1 Å². The third-order valence-electron chi connectivity index (χ3n) is 6.02. The van der Waals surface area contributed by atoms with Gasteiger partial charge in [0.1, 0.15) is 12.6 Å². The lowest BCUT2D eigenvalue weighted by Crippen LogP contribution is -2.41. The number of hydrogen-bond donors (Lipinski definition) is 3. The van der Waals surface area contributed by atoms with Gasteiger partial charge in [-0.3, -0.25) is 9.59 Å². The van der Waals surface area contributed by atoms with Crippen molar-refractivity contribution in [3.8, 4) is 0 Å². The Morgan fingerprint density at radius 2 is 1.70 bits per heavy atom. The Morgan fingerprint density at radius 1 is 0.973 bits per heavy atom. The first-order valence-electron chi connectivity index (χ1n) is 12.3. The van der Waals surface area contributed by atoms with E-state index in [2.05, 4.69) is 28.1 Å². The highest BCUT2D eigenvalue weighted by Gasteiger charge is 2.32. The number of fused-ring (bicyclic) bond motifs is 1. The van der Waals surface area contributed by atoms with Gasteiger partial charge in [-0.15, -0.1) is 0 Å². The summed E-state index contributed by atoms with van der Waals surface area (Å²) in [6.45, 7) is 3.86. The van der Waals surface area contributed by atoms with Crippen LogP contribution in [0.1, 0.15) is 36.2 Å². The molecular formula is C29H31N3O4S. The summed E-state index contributed by atoms with van der Waals surface area (Å²) in [5.41, 5.74) is 2.28. The quantitative estimate of drug-likeness (QED) is 0.417. The number of carbonyl (C=O) groups excluding carboxylic acids is 3. The summed E-state index contributed by atoms with van der Waals surface area (Å²) in [6, 6.07) is 15.6. The van der Waals surface area contributed by atoms with E-state index in [1.54, 1.807) is 24.3 Å². The van der Waals surface area contributed by atoms with Crippen molar-refractivity contribution in [2.45, 2.75) is 49.9 Å². The van der Waals surface area contributed by atoms with Crippen LogP contribution in [0.3, 0.4) is 0 Å². The largest absolute Gasteiger partial charge is 0.445 e. The van der Waals surface area contributed by atoms with Crippen LogP contribution in [0.5, 0.6) is 0 Å². The SMILES string of the molecule is CC(C)NC(=O)c1ccccc1SC(=O)[C@H](CC1=CNC2C=CC=CC12)NC(=O)OCc1ccccc1. The van der Waals surface area contributed by atoms with Gasteiger partial charge in [-0.05, 0) is 61.5 Å². The number of allylic oxidation sites excluding steroid dienone is 2. The van der Waals surface area contributed by atoms with Crippen LogP contribution in [-0.4, -0.2) is 35.2 Å². The van der Waals surface area contributed by atoms with Crippen molar-refractivity contribution in [3.63, 3.8) is 0 Å². The summed E-state index contributed by atoms with van der Waals surface area (Å²) in [5.74, 6) is -0.140. The molecule has 0 aromatic heterocycles. The van der Waals surface area contributed by atoms with Gasteiger partial charge in [-0.25, -0.2) is 4.79 Å². The van der Waals surface area contributed by atoms with E-state index in [0.29, 0.717) is 16.9 Å². The molecule has 4 rings (SSSR count). The molecule has 3 atom stereocenters. The first kappa shape index (κ1) is 26.3. The molecule has 0 radical (unpaired) electrons. The van der Waals surface area contributed by atoms with Crippen LogP contribution in [0.2, 0.25) is 0 Å². The van der Waals surface area contributed by atoms with Crippen LogP contribution in [0.25, 0.3) is 0 Å². The maximum atomic E-state index is 13.5. The molecule has 2 aromatic carbocycles. The fourth-order valence-electron chi connectivity index (χ4n) is 4.21. The van der Waals surface area contributed by atoms with Crippen LogP contribution >= 0.6 is 11.8 Å². The molecular weight excluding hydrogens is 486 g/mol. The molecule has 0 fully saturated rings. The Kier molecular flexibility index (Phi) is 8.85. The van der Waals surface area contributed by atoms with E-state index in [9.17, 15) is 14.4 Å². The van der Waals surface area contributed by atoms with Crippen LogP contribution in [0.4, 0.5) is 4.79 Å². The maximum Gasteiger partial charge on any atom is 0.408 e. The molecule has 2 aromatic rings. The maximum absolute atomic E-state index is 13.5. The molecule has 0 saturated heterocycles. The van der Waals surface area contributed by atoms with E-state index in [4.69, 9.17) is 4.74 Å². The van der Waals surface area contributed by atoms with Gasteiger partial charge in [0.15, 0.2) is 0 Å². The predicted octanol–water partition coefficient (Wildman–Crippen LogP) is 4.73. The molecule has 7 nitrogen and oxygen atoms in total. The van der Waals surface area contributed by atoms with Crippen LogP contribution in [0.15, 0.2) is 95.6 Å². The summed E-state index contributed by atoms with van der Waals surface area (Å²) >= 11 is 0.953. The van der Waals surface area contributed by atoms with E-state index in [-0.39, 0.29) is 35.6 Å². The molecule has 1 aliphatic carbocycles. The number of benzene rings is 2. The van der Waals surface area contributed by atoms with Gasteiger partial charge in [0.25, 0.3) is 5.91 Å². The first-order chi connectivity index (χ1) is 17.9. The average Bonchev–Trinajstić information content (AvgIpc) is 3.30. The topological polar surface area (TPSA) is 96.5 Å². The van der Waals surface area contributed by atoms with Gasteiger partial charge in [-0.2, -0.15) is 0 Å². The van der Waals surface area contributed by atoms with Crippen molar-refractivity contribution in [3.05, 3.63) is 102 Å². The fourth-order valence-corrected chi connectivity index (χ4v) is 5.13. The van der Waals surface area contributed by atoms with Gasteiger partial charge in [0, 0.05) is 16.9 Å². The van der Waals surface area contributed by atoms with E-state index in [0.717, 1.165) is 22.9 Å². The van der Waals surface area contributed by atoms with Gasteiger partial charge < -0.3 is 20.7 Å². The minimum Gasteiger partial charge on any atom is -0.445 e. The van der Waals surface area contributed by atoms with E-state index in [1.165, 1.54) is 0 Å². The fraction of sp³-hybridized carbons (Fsp3) is 0.276. The molecule has 192 valence electrons. The molecule has 2 amide bonds. The zero-order valence-electron chi connectivity index (χ0n) is 20.8. The second-order valence-electron chi connectivity index (χ2n) is 9.22. The van der Waals surface area contributed by atoms with Crippen molar-refractivity contribution in [1.29, 1.82) is 0 Å². The van der Waals surface area contributed by atoms with Crippen molar-refractivity contribution in [2.24, 2.45) is 5.92 Å². The molecule has 3 N–H and O–H groups in total. The smallest absolute Gasteiger partial charge is 0.408 e. The highest BCUT2D eigenvalue weighted by Crippen LogP contribution is 2.32. The summed E-state index contributed by atoms with van der Waals surface area (Å²) < 4.78 is 5.40. The summed E-state index contributed by atoms with van der Waals surface area (Å²) in [4.78, 5) is 39.5. The van der Waals surface area contributed by atoms with E-state index in [1.807, 2.05) is 62.5 Å². The van der Waals surface area contributed by atoms with Crippen LogP contribution in [0, 0.1) is 5.92 Å². The Labute approximate surface area is 221 Å². The van der Waals surface area contributed by atoms with E-state index < -0.39 is 12.1 Å². The Bertz CT molecular complexity index is 1220. The van der Waals surface area contributed by atoms with Crippen LogP contribution < -0.4 is 16.0 Å². The van der Waals surface area contributed by atoms with Crippen molar-refractivity contribution in [1.82, 2.24) is 16.0 Å². The minimum absolute atomic E-state index is 0.0394. The Morgan fingerprint density at radius 3 is 2.49 bits per heavy atom. The third-order valence-corrected chi connectivity index (χ3v) is 7.08. The van der Waals surface area contributed by atoms with Crippen molar-refractivity contribution < 1.29 is 19.1 Å². The highest BCUT2D eigenvalue weighted by atomic mass is 32.2. The molecule has 2 aliphatic rings. The summed E-state index contributed by atoms with van der Waals surface area (Å²) in [6.07, 6.45) is 9.70. The average molecular weight is 518 g/mol. The summed E-state index contributed by atoms with van der Waals surface area (Å²) in [7, 11) is 0. The van der Waals surface area contributed by atoms with Gasteiger partial charge >= 0.3 is 6.09 Å². The monoisotopic (exact) mass is 517 g/mol. The number of ether oxygens (including phenoxy) is 1. The molecule has 1 heterocycles. The minimum atomic E-state index is -0.847. The third kappa shape index (κ3) is 7.13. The number of rotatable bonds is 9. The molecule has 0 bridgehead atoms. The molecule has 37 heavy (non-hydrogen) atoms. The second-order valence-corrected chi connectivity index (χ2v) is 10.3. The zero-order valence-corrected chi connectivity index (χ0v) is 21.7. The predicted molar refractivity (Wildman–Crippen MR) is 145 cm³/mol. The Balaban J connectivity index is 1.49. The summed E-state index contributed by atoms with van der Waals surface area (Å²) in [5, 5.41) is 8.69. The molecule has 1 aliphatic heterocycles. The standard InChI is InChI=1S/C29H31N3O4S/c1-19(2)31-27(33)23-13-7-9-15-26(23)37-28(34)25(16-21-17-30-24-14-8-6-12-22(21)24)32-29(35)36-18-20-10-4-3-5-11-20/h3-15,17,19,22,24-25,30H,16,18H2,1-2H3,(H,31,33)(H,32,35)/t22?,24?,25-/m0/s1. The number of amides is 2. The molecule has 8 heteroatoms. The van der Waals surface area contributed by atoms with Crippen molar-refractivity contribution >= 4 is 28.9 Å². The Hall–Kier alpha value is -3.78. The lowest BCUT2D eigenvalue weighted by Gasteiger charge is -2.23. The number of alkyl carbamates (subject to hydrolysis) is 1. The lowest BCUT2D eigenvalue weighted by molar-refractivity contribution is -0.112. The lowest BCUT2D eigenvalue weighted by atomic mass is 9.88. The molecule has 0 spiro atoms.